The lowest BCUT2D eigenvalue weighted by atomic mass is 9.88. The van der Waals surface area contributed by atoms with E-state index in [2.05, 4.69) is 55.9 Å². The number of pyridine rings is 1. The van der Waals surface area contributed by atoms with Crippen LogP contribution in [0.4, 0.5) is 0 Å². The second kappa shape index (κ2) is 6.23. The molecule has 3 heteroatoms. The maximum absolute atomic E-state index is 4.28. The zero-order valence-electron chi connectivity index (χ0n) is 13.6. The summed E-state index contributed by atoms with van der Waals surface area (Å²) in [7, 11) is 0. The summed E-state index contributed by atoms with van der Waals surface area (Å²) in [6, 6.07) is 5.24. The van der Waals surface area contributed by atoms with Crippen molar-refractivity contribution in [3.63, 3.8) is 0 Å². The van der Waals surface area contributed by atoms with Gasteiger partial charge in [-0.2, -0.15) is 0 Å². The first-order valence-corrected chi connectivity index (χ1v) is 7.87. The molecule has 112 valence electrons. The van der Waals surface area contributed by atoms with Gasteiger partial charge in [0, 0.05) is 43.1 Å². The van der Waals surface area contributed by atoms with Gasteiger partial charge in [-0.05, 0) is 37.8 Å². The van der Waals surface area contributed by atoms with Gasteiger partial charge in [-0.3, -0.25) is 9.88 Å². The van der Waals surface area contributed by atoms with E-state index in [9.17, 15) is 0 Å². The van der Waals surface area contributed by atoms with Gasteiger partial charge < -0.3 is 5.32 Å². The summed E-state index contributed by atoms with van der Waals surface area (Å²) in [5.41, 5.74) is 1.54. The van der Waals surface area contributed by atoms with E-state index in [1.165, 1.54) is 5.56 Å². The van der Waals surface area contributed by atoms with E-state index >= 15 is 0 Å². The monoisotopic (exact) mass is 275 g/mol. The highest BCUT2D eigenvalue weighted by Crippen LogP contribution is 2.30. The van der Waals surface area contributed by atoms with Gasteiger partial charge in [-0.1, -0.05) is 26.8 Å². The lowest BCUT2D eigenvalue weighted by Crippen LogP contribution is -2.64. The summed E-state index contributed by atoms with van der Waals surface area (Å²) in [6.45, 7) is 13.7. The number of nitrogens with one attached hydrogen (secondary N) is 1. The summed E-state index contributed by atoms with van der Waals surface area (Å²) >= 11 is 0. The number of aromatic nitrogens is 1. The molecule has 1 aliphatic heterocycles. The van der Waals surface area contributed by atoms with Crippen LogP contribution in [0.3, 0.4) is 0 Å². The summed E-state index contributed by atoms with van der Waals surface area (Å²) < 4.78 is 0. The van der Waals surface area contributed by atoms with Gasteiger partial charge in [0.15, 0.2) is 0 Å². The second-order valence-corrected chi connectivity index (χ2v) is 6.74. The minimum absolute atomic E-state index is 0.224. The summed E-state index contributed by atoms with van der Waals surface area (Å²) in [6.07, 6.45) is 5.02. The zero-order valence-corrected chi connectivity index (χ0v) is 13.6. The van der Waals surface area contributed by atoms with Crippen LogP contribution in [-0.4, -0.2) is 34.6 Å². The van der Waals surface area contributed by atoms with E-state index in [0.29, 0.717) is 18.0 Å². The fraction of sp³-hybridized carbons (Fsp3) is 0.706. The van der Waals surface area contributed by atoms with E-state index in [1.807, 2.05) is 18.5 Å². The van der Waals surface area contributed by atoms with E-state index < -0.39 is 0 Å². The Bertz CT molecular complexity index is 418. The Balaban J connectivity index is 2.23. The van der Waals surface area contributed by atoms with Crippen molar-refractivity contribution in [3.8, 4) is 0 Å². The molecule has 0 aromatic carbocycles. The van der Waals surface area contributed by atoms with Gasteiger partial charge >= 0.3 is 0 Å². The van der Waals surface area contributed by atoms with Crippen molar-refractivity contribution in [3.05, 3.63) is 30.1 Å². The van der Waals surface area contributed by atoms with Crippen LogP contribution in [0.1, 0.15) is 52.6 Å². The first-order chi connectivity index (χ1) is 9.47. The van der Waals surface area contributed by atoms with Gasteiger partial charge in [0.2, 0.25) is 0 Å². The first kappa shape index (κ1) is 15.5. The van der Waals surface area contributed by atoms with Crippen molar-refractivity contribution in [1.29, 1.82) is 0 Å². The van der Waals surface area contributed by atoms with E-state index in [-0.39, 0.29) is 5.54 Å². The first-order valence-electron chi connectivity index (χ1n) is 7.87. The molecule has 3 nitrogen and oxygen atoms in total. The summed E-state index contributed by atoms with van der Waals surface area (Å²) in [5, 5.41) is 3.76. The fourth-order valence-corrected chi connectivity index (χ4v) is 3.14. The molecule has 1 aromatic rings. The SMILES string of the molecule is CCC1(C)CN(C(C)c2cccnc2)C(C(C)C)CN1. The van der Waals surface area contributed by atoms with Crippen molar-refractivity contribution >= 4 is 0 Å². The molecule has 1 aliphatic rings. The number of piperazine rings is 1. The minimum Gasteiger partial charge on any atom is -0.309 e. The van der Waals surface area contributed by atoms with Crippen LogP contribution < -0.4 is 5.32 Å². The van der Waals surface area contributed by atoms with Crippen LogP contribution in [-0.2, 0) is 0 Å². The molecule has 20 heavy (non-hydrogen) atoms. The highest BCUT2D eigenvalue weighted by atomic mass is 15.3. The van der Waals surface area contributed by atoms with Crippen LogP contribution in [0.15, 0.2) is 24.5 Å². The number of rotatable bonds is 4. The fourth-order valence-electron chi connectivity index (χ4n) is 3.14. The van der Waals surface area contributed by atoms with Gasteiger partial charge in [0.1, 0.15) is 0 Å². The summed E-state index contributed by atoms with van der Waals surface area (Å²) in [5.74, 6) is 0.656. The highest BCUT2D eigenvalue weighted by Gasteiger charge is 2.38. The number of hydrogen-bond donors (Lipinski definition) is 1. The molecule has 0 spiro atoms. The van der Waals surface area contributed by atoms with E-state index in [0.717, 1.165) is 19.5 Å². The standard InChI is InChI=1S/C17H29N3/c1-6-17(5)12-20(16(11-19-17)13(2)3)14(4)15-8-7-9-18-10-15/h7-10,13-14,16,19H,6,11-12H2,1-5H3. The van der Waals surface area contributed by atoms with Crippen molar-refractivity contribution in [2.24, 2.45) is 5.92 Å². The smallest absolute Gasteiger partial charge is 0.0339 e. The predicted molar refractivity (Wildman–Crippen MR) is 84.7 cm³/mol. The van der Waals surface area contributed by atoms with Crippen LogP contribution >= 0.6 is 0 Å². The molecular weight excluding hydrogens is 246 g/mol. The quantitative estimate of drug-likeness (QED) is 0.914. The van der Waals surface area contributed by atoms with Crippen LogP contribution in [0, 0.1) is 5.92 Å². The molecule has 3 unspecified atom stereocenters. The average Bonchev–Trinajstić information content (AvgIpc) is 2.47. The van der Waals surface area contributed by atoms with Crippen molar-refractivity contribution < 1.29 is 0 Å². The minimum atomic E-state index is 0.224. The molecule has 2 rings (SSSR count). The van der Waals surface area contributed by atoms with Crippen molar-refractivity contribution in [1.82, 2.24) is 15.2 Å². The molecule has 0 bridgehead atoms. The Hall–Kier alpha value is -0.930. The Morgan fingerprint density at radius 3 is 2.75 bits per heavy atom. The molecular formula is C17H29N3. The molecule has 0 aliphatic carbocycles. The van der Waals surface area contributed by atoms with Gasteiger partial charge in [0.05, 0.1) is 0 Å². The molecule has 3 atom stereocenters. The highest BCUT2D eigenvalue weighted by molar-refractivity contribution is 5.14. The maximum Gasteiger partial charge on any atom is 0.0339 e. The average molecular weight is 275 g/mol. The third-order valence-electron chi connectivity index (χ3n) is 4.91. The number of hydrogen-bond acceptors (Lipinski definition) is 3. The Labute approximate surface area is 123 Å². The molecule has 1 N–H and O–H groups in total. The molecule has 0 amide bonds. The van der Waals surface area contributed by atoms with Crippen LogP contribution in [0.5, 0.6) is 0 Å². The third-order valence-corrected chi connectivity index (χ3v) is 4.91. The second-order valence-electron chi connectivity index (χ2n) is 6.74. The molecule has 1 saturated heterocycles. The van der Waals surface area contributed by atoms with Crippen molar-refractivity contribution in [2.75, 3.05) is 13.1 Å². The molecule has 1 aromatic heterocycles. The van der Waals surface area contributed by atoms with Gasteiger partial charge in [-0.25, -0.2) is 0 Å². The topological polar surface area (TPSA) is 28.2 Å². The largest absolute Gasteiger partial charge is 0.309 e. The summed E-state index contributed by atoms with van der Waals surface area (Å²) in [4.78, 5) is 6.95. The molecule has 0 radical (unpaired) electrons. The Morgan fingerprint density at radius 2 is 2.20 bits per heavy atom. The lowest BCUT2D eigenvalue weighted by molar-refractivity contribution is 0.0294. The number of nitrogens with zero attached hydrogens (tertiary/aromatic N) is 2. The van der Waals surface area contributed by atoms with Crippen LogP contribution in [0.2, 0.25) is 0 Å². The van der Waals surface area contributed by atoms with Gasteiger partial charge in [-0.15, -0.1) is 0 Å². The normalized spacial score (nSPS) is 29.6. The molecule has 0 saturated carbocycles. The zero-order chi connectivity index (χ0) is 14.8. The van der Waals surface area contributed by atoms with Crippen LogP contribution in [0.25, 0.3) is 0 Å². The predicted octanol–water partition coefficient (Wildman–Crippen LogP) is 3.24. The van der Waals surface area contributed by atoms with E-state index in [4.69, 9.17) is 0 Å². The molecule has 1 fully saturated rings. The lowest BCUT2D eigenvalue weighted by Gasteiger charge is -2.50. The third kappa shape index (κ3) is 3.21. The van der Waals surface area contributed by atoms with Crippen molar-refractivity contribution in [2.45, 2.75) is 58.7 Å². The Kier molecular flexibility index (Phi) is 4.82. The Morgan fingerprint density at radius 1 is 1.45 bits per heavy atom. The molecule has 2 heterocycles. The van der Waals surface area contributed by atoms with E-state index in [1.54, 1.807) is 0 Å². The van der Waals surface area contributed by atoms with Gasteiger partial charge in [0.25, 0.3) is 0 Å². The maximum atomic E-state index is 4.28.